The van der Waals surface area contributed by atoms with E-state index in [1.54, 1.807) is 0 Å². The fraction of sp³-hybridized carbons (Fsp3) is 0.286. The van der Waals surface area contributed by atoms with Crippen molar-refractivity contribution in [3.8, 4) is 0 Å². The summed E-state index contributed by atoms with van der Waals surface area (Å²) in [6, 6.07) is 5.49. The van der Waals surface area contributed by atoms with Crippen molar-refractivity contribution in [2.24, 2.45) is 0 Å². The van der Waals surface area contributed by atoms with Gasteiger partial charge in [-0.1, -0.05) is 29.3 Å². The zero-order valence-corrected chi connectivity index (χ0v) is 13.4. The lowest BCUT2D eigenvalue weighted by Gasteiger charge is -2.28. The molecule has 0 saturated carbocycles. The van der Waals surface area contributed by atoms with Gasteiger partial charge in [-0.3, -0.25) is 14.7 Å². The average molecular weight is 342 g/mol. The van der Waals surface area contributed by atoms with Gasteiger partial charge in [0.25, 0.3) is 5.56 Å². The minimum absolute atomic E-state index is 0.0934. The topological polar surface area (TPSA) is 51.9 Å². The first-order valence-corrected chi connectivity index (χ1v) is 7.70. The van der Waals surface area contributed by atoms with Gasteiger partial charge in [-0.2, -0.15) is 0 Å². The predicted molar refractivity (Wildman–Crippen MR) is 86.5 cm³/mol. The summed E-state index contributed by atoms with van der Waals surface area (Å²) in [6.07, 6.45) is 0.679. The molecule has 0 fully saturated rings. The summed E-state index contributed by atoms with van der Waals surface area (Å²) in [7, 11) is 0. The summed E-state index contributed by atoms with van der Waals surface area (Å²) >= 11 is 17.4. The van der Waals surface area contributed by atoms with Gasteiger partial charge >= 0.3 is 0 Å². The zero-order valence-electron chi connectivity index (χ0n) is 11.1. The molecular formula is C14H13Cl2N3OS. The van der Waals surface area contributed by atoms with E-state index in [1.165, 1.54) is 0 Å². The molecule has 21 heavy (non-hydrogen) atoms. The number of H-pyrrole nitrogens is 2. The van der Waals surface area contributed by atoms with Crippen molar-refractivity contribution in [1.29, 1.82) is 0 Å². The van der Waals surface area contributed by atoms with E-state index in [-0.39, 0.29) is 5.56 Å². The van der Waals surface area contributed by atoms with Gasteiger partial charge in [-0.05, 0) is 30.8 Å². The van der Waals surface area contributed by atoms with Crippen LogP contribution in [0.4, 0.5) is 0 Å². The quantitative estimate of drug-likeness (QED) is 0.824. The molecule has 2 N–H and O–H groups in total. The summed E-state index contributed by atoms with van der Waals surface area (Å²) < 4.78 is 0.358. The molecule has 2 heterocycles. The Kier molecular flexibility index (Phi) is 4.17. The maximum Gasteiger partial charge on any atom is 0.255 e. The molecule has 1 aliphatic rings. The summed E-state index contributed by atoms with van der Waals surface area (Å²) in [4.78, 5) is 19.7. The maximum atomic E-state index is 11.9. The van der Waals surface area contributed by atoms with Crippen LogP contribution >= 0.6 is 35.4 Å². The number of fused-ring (bicyclic) bond motifs is 1. The van der Waals surface area contributed by atoms with Crippen LogP contribution in [0.2, 0.25) is 10.0 Å². The smallest absolute Gasteiger partial charge is 0.255 e. The van der Waals surface area contributed by atoms with Crippen LogP contribution in [0, 0.1) is 4.77 Å². The lowest BCUT2D eigenvalue weighted by molar-refractivity contribution is 0.240. The molecule has 1 aromatic heterocycles. The molecule has 0 radical (unpaired) electrons. The predicted octanol–water partition coefficient (Wildman–Crippen LogP) is 3.30. The third kappa shape index (κ3) is 3.06. The van der Waals surface area contributed by atoms with E-state index in [4.69, 9.17) is 35.4 Å². The van der Waals surface area contributed by atoms with Crippen molar-refractivity contribution in [3.05, 3.63) is 60.2 Å². The molecule has 0 bridgehead atoms. The number of aromatic nitrogens is 2. The first-order chi connectivity index (χ1) is 10.0. The van der Waals surface area contributed by atoms with Crippen LogP contribution in [-0.4, -0.2) is 21.4 Å². The highest BCUT2D eigenvalue weighted by molar-refractivity contribution is 7.71. The standard InChI is InChI=1S/C14H13Cl2N3OS/c15-10-2-1-3-11(16)9(10)6-19-5-4-8-12(7-19)17-14(21)18-13(8)20/h1-3H,4-7H2,(H2,17,18,20,21). The van der Waals surface area contributed by atoms with Crippen LogP contribution in [0.15, 0.2) is 23.0 Å². The zero-order chi connectivity index (χ0) is 15.0. The number of halogens is 2. The van der Waals surface area contributed by atoms with Gasteiger partial charge < -0.3 is 4.98 Å². The molecule has 0 saturated heterocycles. The minimum atomic E-state index is -0.0934. The van der Waals surface area contributed by atoms with E-state index in [1.807, 2.05) is 18.2 Å². The van der Waals surface area contributed by atoms with Crippen LogP contribution in [0.5, 0.6) is 0 Å². The van der Waals surface area contributed by atoms with Gasteiger partial charge in [0.05, 0.1) is 0 Å². The molecular weight excluding hydrogens is 329 g/mol. The second-order valence-electron chi connectivity index (χ2n) is 5.03. The van der Waals surface area contributed by atoms with Crippen molar-refractivity contribution >= 4 is 35.4 Å². The van der Waals surface area contributed by atoms with Crippen molar-refractivity contribution < 1.29 is 0 Å². The molecule has 4 nitrogen and oxygen atoms in total. The highest BCUT2D eigenvalue weighted by Crippen LogP contribution is 2.27. The lowest BCUT2D eigenvalue weighted by Crippen LogP contribution is -2.35. The monoisotopic (exact) mass is 341 g/mol. The van der Waals surface area contributed by atoms with E-state index >= 15 is 0 Å². The number of hydrogen-bond acceptors (Lipinski definition) is 3. The van der Waals surface area contributed by atoms with Gasteiger partial charge in [0.2, 0.25) is 0 Å². The highest BCUT2D eigenvalue weighted by Gasteiger charge is 2.20. The molecule has 1 aromatic carbocycles. The first-order valence-electron chi connectivity index (χ1n) is 6.54. The summed E-state index contributed by atoms with van der Waals surface area (Å²) in [5.41, 5.74) is 2.47. The molecule has 7 heteroatoms. The number of nitrogens with one attached hydrogen (secondary N) is 2. The van der Waals surface area contributed by atoms with Gasteiger partial charge in [0.1, 0.15) is 0 Å². The van der Waals surface area contributed by atoms with Crippen molar-refractivity contribution in [2.45, 2.75) is 19.5 Å². The van der Waals surface area contributed by atoms with Crippen molar-refractivity contribution in [3.63, 3.8) is 0 Å². The highest BCUT2D eigenvalue weighted by atomic mass is 35.5. The Morgan fingerprint density at radius 3 is 2.67 bits per heavy atom. The Balaban J connectivity index is 1.87. The number of hydrogen-bond donors (Lipinski definition) is 2. The molecule has 0 amide bonds. The third-order valence-electron chi connectivity index (χ3n) is 3.63. The van der Waals surface area contributed by atoms with Crippen LogP contribution in [0.1, 0.15) is 16.8 Å². The van der Waals surface area contributed by atoms with Gasteiger partial charge in [-0.15, -0.1) is 0 Å². The maximum absolute atomic E-state index is 11.9. The molecule has 0 atom stereocenters. The number of nitrogens with zero attached hydrogens (tertiary/aromatic N) is 1. The van der Waals surface area contributed by atoms with Crippen molar-refractivity contribution in [1.82, 2.24) is 14.9 Å². The second-order valence-corrected chi connectivity index (χ2v) is 6.25. The summed E-state index contributed by atoms with van der Waals surface area (Å²) in [5, 5.41) is 1.32. The number of benzene rings is 1. The average Bonchev–Trinajstić information content (AvgIpc) is 2.42. The second kappa shape index (κ2) is 5.93. The minimum Gasteiger partial charge on any atom is -0.334 e. The number of rotatable bonds is 2. The fourth-order valence-electron chi connectivity index (χ4n) is 2.57. The Morgan fingerprint density at radius 2 is 1.95 bits per heavy atom. The third-order valence-corrected chi connectivity index (χ3v) is 4.55. The Morgan fingerprint density at radius 1 is 1.24 bits per heavy atom. The van der Waals surface area contributed by atoms with Crippen LogP contribution < -0.4 is 5.56 Å². The molecule has 1 aliphatic heterocycles. The Bertz CT molecular complexity index is 779. The molecule has 2 aromatic rings. The normalized spacial score (nSPS) is 15.0. The van der Waals surface area contributed by atoms with E-state index < -0.39 is 0 Å². The Hall–Kier alpha value is -1.14. The van der Waals surface area contributed by atoms with Crippen LogP contribution in [-0.2, 0) is 19.5 Å². The van der Waals surface area contributed by atoms with Gasteiger partial charge in [-0.25, -0.2) is 0 Å². The van der Waals surface area contributed by atoms with E-state index in [9.17, 15) is 4.79 Å². The molecule has 0 aliphatic carbocycles. The van der Waals surface area contributed by atoms with Gasteiger partial charge in [0, 0.05) is 46.5 Å². The first kappa shape index (κ1) is 14.8. The lowest BCUT2D eigenvalue weighted by atomic mass is 10.1. The summed E-state index contributed by atoms with van der Waals surface area (Å²) in [5.74, 6) is 0. The Labute approximate surface area is 136 Å². The molecule has 3 rings (SSSR count). The van der Waals surface area contributed by atoms with E-state index in [0.717, 1.165) is 23.4 Å². The fourth-order valence-corrected chi connectivity index (χ4v) is 3.31. The van der Waals surface area contributed by atoms with Crippen molar-refractivity contribution in [2.75, 3.05) is 6.54 Å². The van der Waals surface area contributed by atoms with Crippen LogP contribution in [0.25, 0.3) is 0 Å². The van der Waals surface area contributed by atoms with Gasteiger partial charge in [0.15, 0.2) is 4.77 Å². The van der Waals surface area contributed by atoms with Crippen LogP contribution in [0.3, 0.4) is 0 Å². The summed E-state index contributed by atoms with van der Waals surface area (Å²) in [6.45, 7) is 2.05. The van der Waals surface area contributed by atoms with E-state index in [2.05, 4.69) is 14.9 Å². The molecule has 0 unspecified atom stereocenters. The SMILES string of the molecule is O=c1[nH]c(=S)[nH]c2c1CCN(Cc1c(Cl)cccc1Cl)C2. The largest absolute Gasteiger partial charge is 0.334 e. The van der Waals surface area contributed by atoms with E-state index in [0.29, 0.717) is 34.3 Å². The molecule has 110 valence electrons. The molecule has 0 spiro atoms. The number of aromatic amines is 2.